The van der Waals surface area contributed by atoms with Gasteiger partial charge < -0.3 is 20.3 Å². The Bertz CT molecular complexity index is 960. The third-order valence-corrected chi connectivity index (χ3v) is 7.67. The molecule has 37 heavy (non-hydrogen) atoms. The van der Waals surface area contributed by atoms with Crippen LogP contribution in [0.25, 0.3) is 0 Å². The van der Waals surface area contributed by atoms with Crippen LogP contribution in [-0.4, -0.2) is 46.5 Å². The zero-order valence-electron chi connectivity index (χ0n) is 23.9. The zero-order valence-corrected chi connectivity index (χ0v) is 23.9. The van der Waals surface area contributed by atoms with E-state index >= 15 is 0 Å². The summed E-state index contributed by atoms with van der Waals surface area (Å²) in [6.45, 7) is 13.4. The van der Waals surface area contributed by atoms with Crippen molar-refractivity contribution in [3.05, 3.63) is 34.9 Å². The van der Waals surface area contributed by atoms with Gasteiger partial charge in [-0.05, 0) is 82.9 Å². The van der Waals surface area contributed by atoms with Gasteiger partial charge in [0.1, 0.15) is 17.7 Å². The van der Waals surface area contributed by atoms with Crippen molar-refractivity contribution in [2.75, 3.05) is 0 Å². The summed E-state index contributed by atoms with van der Waals surface area (Å²) in [5.74, 6) is -0.469. The summed E-state index contributed by atoms with van der Waals surface area (Å²) in [6, 6.07) is 4.61. The van der Waals surface area contributed by atoms with Gasteiger partial charge in [-0.1, -0.05) is 57.7 Å². The normalized spacial score (nSPS) is 18.9. The van der Waals surface area contributed by atoms with Crippen molar-refractivity contribution in [1.29, 1.82) is 0 Å². The lowest BCUT2D eigenvalue weighted by molar-refractivity contribution is -0.144. The largest absolute Gasteiger partial charge is 0.444 e. The molecule has 2 aliphatic rings. The predicted octanol–water partition coefficient (Wildman–Crippen LogP) is 5.72. The summed E-state index contributed by atoms with van der Waals surface area (Å²) < 4.78 is 5.49. The van der Waals surface area contributed by atoms with Gasteiger partial charge in [-0.25, -0.2) is 4.79 Å². The van der Waals surface area contributed by atoms with Crippen LogP contribution in [0.1, 0.15) is 109 Å². The van der Waals surface area contributed by atoms with E-state index in [1.165, 1.54) is 6.42 Å². The van der Waals surface area contributed by atoms with Crippen LogP contribution < -0.4 is 10.6 Å². The van der Waals surface area contributed by atoms with E-state index in [0.717, 1.165) is 55.2 Å². The van der Waals surface area contributed by atoms with Gasteiger partial charge in [-0.15, -0.1) is 0 Å². The average molecular weight is 514 g/mol. The Kier molecular flexibility index (Phi) is 9.65. The van der Waals surface area contributed by atoms with Gasteiger partial charge >= 0.3 is 6.09 Å². The first-order chi connectivity index (χ1) is 17.4. The zero-order chi connectivity index (χ0) is 27.3. The maximum absolute atomic E-state index is 14.3. The van der Waals surface area contributed by atoms with Crippen molar-refractivity contribution < 1.29 is 19.1 Å². The van der Waals surface area contributed by atoms with Crippen LogP contribution in [0.15, 0.2) is 18.2 Å². The van der Waals surface area contributed by atoms with E-state index in [-0.39, 0.29) is 29.8 Å². The first-order valence-electron chi connectivity index (χ1n) is 14.1. The van der Waals surface area contributed by atoms with Crippen LogP contribution in [0, 0.1) is 19.8 Å². The first kappa shape index (κ1) is 29.0. The molecule has 2 fully saturated rings. The monoisotopic (exact) mass is 513 g/mol. The Hall–Kier alpha value is -2.57. The molecule has 1 aromatic rings. The molecule has 7 nitrogen and oxygen atoms in total. The summed E-state index contributed by atoms with van der Waals surface area (Å²) in [5, 5.41) is 6.13. The predicted molar refractivity (Wildman–Crippen MR) is 146 cm³/mol. The molecular weight excluding hydrogens is 466 g/mol. The molecule has 0 aromatic heterocycles. The number of carbonyl (C=O) groups is 3. The van der Waals surface area contributed by atoms with Gasteiger partial charge in [0.05, 0.1) is 0 Å². The summed E-state index contributed by atoms with van der Waals surface area (Å²) in [5.41, 5.74) is 2.37. The van der Waals surface area contributed by atoms with Gasteiger partial charge in [0.15, 0.2) is 0 Å². The maximum atomic E-state index is 14.3. The average Bonchev–Trinajstić information content (AvgIpc) is 3.66. The van der Waals surface area contributed by atoms with Gasteiger partial charge in [0, 0.05) is 12.1 Å². The van der Waals surface area contributed by atoms with Crippen LogP contribution in [0.3, 0.4) is 0 Å². The number of alkyl carbamates (subject to hydrolysis) is 1. The van der Waals surface area contributed by atoms with Gasteiger partial charge in [0.2, 0.25) is 11.8 Å². The molecule has 0 saturated heterocycles. The molecule has 2 aliphatic carbocycles. The lowest BCUT2D eigenvalue weighted by Crippen LogP contribution is -2.56. The topological polar surface area (TPSA) is 87.7 Å². The van der Waals surface area contributed by atoms with Crippen molar-refractivity contribution in [3.63, 3.8) is 0 Å². The smallest absolute Gasteiger partial charge is 0.408 e. The molecule has 0 radical (unpaired) electrons. The fourth-order valence-corrected chi connectivity index (χ4v) is 5.05. The first-order valence-corrected chi connectivity index (χ1v) is 14.1. The molecule has 3 amide bonds. The number of hydrogen-bond acceptors (Lipinski definition) is 4. The van der Waals surface area contributed by atoms with Crippen LogP contribution >= 0.6 is 0 Å². The minimum Gasteiger partial charge on any atom is -0.444 e. The second kappa shape index (κ2) is 12.3. The Labute approximate surface area is 223 Å². The van der Waals surface area contributed by atoms with Crippen molar-refractivity contribution in [1.82, 2.24) is 15.5 Å². The summed E-state index contributed by atoms with van der Waals surface area (Å²) in [7, 11) is 0. The fourth-order valence-electron chi connectivity index (χ4n) is 5.05. The van der Waals surface area contributed by atoms with E-state index in [2.05, 4.69) is 10.6 Å². The van der Waals surface area contributed by atoms with Gasteiger partial charge in [0.25, 0.3) is 0 Å². The van der Waals surface area contributed by atoms with Crippen LogP contribution in [0.5, 0.6) is 0 Å². The highest BCUT2D eigenvalue weighted by Crippen LogP contribution is 2.37. The van der Waals surface area contributed by atoms with Crippen molar-refractivity contribution >= 4 is 17.9 Å². The number of hydrogen-bond donors (Lipinski definition) is 2. The maximum Gasteiger partial charge on any atom is 0.408 e. The second-order valence-corrected chi connectivity index (χ2v) is 12.1. The molecule has 3 rings (SSSR count). The van der Waals surface area contributed by atoms with E-state index in [1.54, 1.807) is 25.7 Å². The highest BCUT2D eigenvalue weighted by Gasteiger charge is 2.45. The quantitative estimate of drug-likeness (QED) is 0.442. The SMILES string of the molecule is CCC(C)C(NC(=O)OC(C)(C)C)C(=O)N(C1CC1)C(C(=O)NC1CCCCC1)c1ccc(C)c(C)c1. The minimum atomic E-state index is -0.781. The number of nitrogens with one attached hydrogen (secondary N) is 2. The third-order valence-electron chi connectivity index (χ3n) is 7.67. The standard InChI is InChI=1S/C30H47N3O4/c1-8-19(2)25(32-29(36)37-30(5,6)7)28(35)33(24-16-17-24)26(22-15-14-20(3)21(4)18-22)27(34)31-23-12-10-9-11-13-23/h14-15,18-19,23-26H,8-13,16-17H2,1-7H3,(H,31,34)(H,32,36). The third kappa shape index (κ3) is 7.96. The fraction of sp³-hybridized carbons (Fsp3) is 0.700. The number of aryl methyl sites for hydroxylation is 2. The van der Waals surface area contributed by atoms with E-state index < -0.39 is 23.8 Å². The number of amides is 3. The molecule has 3 unspecified atom stereocenters. The Morgan fingerprint density at radius 1 is 1.03 bits per heavy atom. The van der Waals surface area contributed by atoms with E-state index in [1.807, 2.05) is 45.9 Å². The van der Waals surface area contributed by atoms with Crippen molar-refractivity contribution in [2.45, 2.75) is 130 Å². The summed E-state index contributed by atoms with van der Waals surface area (Å²) in [6.07, 6.45) is 7.15. The van der Waals surface area contributed by atoms with Crippen LogP contribution in [0.2, 0.25) is 0 Å². The van der Waals surface area contributed by atoms with Crippen molar-refractivity contribution in [2.24, 2.45) is 5.92 Å². The molecule has 0 bridgehead atoms. The second-order valence-electron chi connectivity index (χ2n) is 12.1. The van der Waals surface area contributed by atoms with Crippen LogP contribution in [0.4, 0.5) is 4.79 Å². The highest BCUT2D eigenvalue weighted by molar-refractivity contribution is 5.93. The Morgan fingerprint density at radius 2 is 1.68 bits per heavy atom. The lowest BCUT2D eigenvalue weighted by atomic mass is 9.93. The minimum absolute atomic E-state index is 0.0248. The number of ether oxygens (including phenoxy) is 1. The molecule has 3 atom stereocenters. The Morgan fingerprint density at radius 3 is 2.22 bits per heavy atom. The van der Waals surface area contributed by atoms with Crippen LogP contribution in [-0.2, 0) is 14.3 Å². The Balaban J connectivity index is 1.97. The molecule has 2 N–H and O–H groups in total. The van der Waals surface area contributed by atoms with Gasteiger partial charge in [-0.2, -0.15) is 0 Å². The summed E-state index contributed by atoms with van der Waals surface area (Å²) in [4.78, 5) is 42.7. The van der Waals surface area contributed by atoms with Gasteiger partial charge in [-0.3, -0.25) is 9.59 Å². The molecule has 0 spiro atoms. The lowest BCUT2D eigenvalue weighted by Gasteiger charge is -2.37. The number of nitrogens with zero attached hydrogens (tertiary/aromatic N) is 1. The number of rotatable bonds is 9. The molecule has 1 aromatic carbocycles. The molecule has 206 valence electrons. The molecule has 0 heterocycles. The molecular formula is C30H47N3O4. The highest BCUT2D eigenvalue weighted by atomic mass is 16.6. The molecule has 0 aliphatic heterocycles. The molecule has 2 saturated carbocycles. The van der Waals surface area contributed by atoms with E-state index in [9.17, 15) is 14.4 Å². The van der Waals surface area contributed by atoms with E-state index in [4.69, 9.17) is 4.74 Å². The number of benzene rings is 1. The van der Waals surface area contributed by atoms with E-state index in [0.29, 0.717) is 6.42 Å². The molecule has 7 heteroatoms. The number of carbonyl (C=O) groups excluding carboxylic acids is 3. The van der Waals surface area contributed by atoms with Crippen molar-refractivity contribution in [3.8, 4) is 0 Å². The summed E-state index contributed by atoms with van der Waals surface area (Å²) >= 11 is 0.